The Kier molecular flexibility index (Phi) is 4.65. The van der Waals surface area contributed by atoms with Gasteiger partial charge in [-0.3, -0.25) is 14.3 Å². The van der Waals surface area contributed by atoms with Gasteiger partial charge in [0.05, 0.1) is 0 Å². The molecule has 9 heteroatoms. The van der Waals surface area contributed by atoms with Crippen molar-refractivity contribution in [2.45, 2.75) is 51.9 Å². The number of rotatable bonds is 2. The van der Waals surface area contributed by atoms with Crippen molar-refractivity contribution in [1.82, 2.24) is 20.0 Å². The number of carbonyl (C=O) groups excluding carboxylic acids is 2. The van der Waals surface area contributed by atoms with Crippen LogP contribution in [0, 0.1) is 6.92 Å². The van der Waals surface area contributed by atoms with Crippen molar-refractivity contribution in [1.29, 1.82) is 0 Å². The average molecular weight is 346 g/mol. The van der Waals surface area contributed by atoms with E-state index in [1.165, 1.54) is 31.9 Å². The van der Waals surface area contributed by atoms with Crippen molar-refractivity contribution in [3.05, 3.63) is 17.5 Å². The van der Waals surface area contributed by atoms with E-state index in [0.717, 1.165) is 4.68 Å². The van der Waals surface area contributed by atoms with Gasteiger partial charge in [0.15, 0.2) is 5.69 Å². The van der Waals surface area contributed by atoms with Crippen LogP contribution in [0.3, 0.4) is 0 Å². The zero-order valence-corrected chi connectivity index (χ0v) is 14.1. The number of hydrogen-bond acceptors (Lipinski definition) is 3. The van der Waals surface area contributed by atoms with E-state index in [9.17, 15) is 22.8 Å². The molecule has 2 amide bonds. The second kappa shape index (κ2) is 6.10. The molecule has 0 saturated carbocycles. The van der Waals surface area contributed by atoms with Gasteiger partial charge in [-0.1, -0.05) is 0 Å². The molecule has 1 N–H and O–H groups in total. The first-order valence-electron chi connectivity index (χ1n) is 7.69. The molecule has 1 aromatic rings. The first-order valence-corrected chi connectivity index (χ1v) is 7.69. The molecular formula is C15H21F3N4O2. The van der Waals surface area contributed by atoms with E-state index in [1.54, 1.807) is 6.92 Å². The Bertz CT molecular complexity index is 652. The molecule has 0 aliphatic carbocycles. The number of nitrogens with zero attached hydrogens (tertiary/aromatic N) is 3. The number of amides is 2. The summed E-state index contributed by atoms with van der Waals surface area (Å²) >= 11 is 0. The Hall–Kier alpha value is -2.06. The van der Waals surface area contributed by atoms with E-state index in [-0.39, 0.29) is 11.5 Å². The lowest BCUT2D eigenvalue weighted by Crippen LogP contribution is -2.53. The van der Waals surface area contributed by atoms with E-state index in [1.807, 2.05) is 0 Å². The summed E-state index contributed by atoms with van der Waals surface area (Å²) in [5.41, 5.74) is -2.40. The Labute approximate surface area is 138 Å². The standard InChI is InChI=1S/C15H21F3N4O2/c1-9-8-22(20-11(9)15(16,17)18)14(3,4)13(24)21-7-5-6-19-12(23)10(21)2/h8,10H,5-7H2,1-4H3,(H,19,23)/t10-/m0/s1. The highest BCUT2D eigenvalue weighted by Crippen LogP contribution is 2.32. The normalized spacial score (nSPS) is 19.9. The maximum Gasteiger partial charge on any atom is 0.435 e. The van der Waals surface area contributed by atoms with E-state index < -0.39 is 29.4 Å². The number of aryl methyl sites for hydroxylation is 1. The molecule has 6 nitrogen and oxygen atoms in total. The Morgan fingerprint density at radius 3 is 2.54 bits per heavy atom. The molecular weight excluding hydrogens is 325 g/mol. The molecule has 1 fully saturated rings. The third-order valence-electron chi connectivity index (χ3n) is 4.24. The molecule has 24 heavy (non-hydrogen) atoms. The molecule has 1 aromatic heterocycles. The van der Waals surface area contributed by atoms with Crippen LogP contribution in [0.5, 0.6) is 0 Å². The molecule has 2 rings (SSSR count). The Balaban J connectivity index is 2.35. The summed E-state index contributed by atoms with van der Waals surface area (Å²) in [5.74, 6) is -0.715. The summed E-state index contributed by atoms with van der Waals surface area (Å²) in [6, 6.07) is -0.682. The van der Waals surface area contributed by atoms with Gasteiger partial charge in [0, 0.05) is 19.3 Å². The maximum absolute atomic E-state index is 12.9. The number of halogens is 3. The van der Waals surface area contributed by atoms with E-state index in [0.29, 0.717) is 19.5 Å². The van der Waals surface area contributed by atoms with Gasteiger partial charge in [-0.15, -0.1) is 0 Å². The van der Waals surface area contributed by atoms with Crippen molar-refractivity contribution in [2.75, 3.05) is 13.1 Å². The average Bonchev–Trinajstić information content (AvgIpc) is 2.81. The fourth-order valence-electron chi connectivity index (χ4n) is 2.70. The van der Waals surface area contributed by atoms with Crippen LogP contribution < -0.4 is 5.32 Å². The highest BCUT2D eigenvalue weighted by atomic mass is 19.4. The van der Waals surface area contributed by atoms with Crippen molar-refractivity contribution >= 4 is 11.8 Å². The quantitative estimate of drug-likeness (QED) is 0.886. The molecule has 1 aliphatic heterocycles. The predicted octanol–water partition coefficient (Wildman–Crippen LogP) is 1.68. The molecule has 0 unspecified atom stereocenters. The molecule has 1 aliphatic rings. The number of alkyl halides is 3. The first kappa shape index (κ1) is 18.3. The zero-order chi connectivity index (χ0) is 18.3. The minimum Gasteiger partial charge on any atom is -0.354 e. The summed E-state index contributed by atoms with van der Waals surface area (Å²) < 4.78 is 39.9. The maximum atomic E-state index is 12.9. The smallest absolute Gasteiger partial charge is 0.354 e. The van der Waals surface area contributed by atoms with Gasteiger partial charge in [-0.05, 0) is 39.7 Å². The number of aromatic nitrogens is 2. The van der Waals surface area contributed by atoms with Gasteiger partial charge in [0.1, 0.15) is 11.6 Å². The fourth-order valence-corrected chi connectivity index (χ4v) is 2.70. The Morgan fingerprint density at radius 2 is 2.00 bits per heavy atom. The van der Waals surface area contributed by atoms with Gasteiger partial charge in [0.25, 0.3) is 5.91 Å². The molecule has 134 valence electrons. The highest BCUT2D eigenvalue weighted by molar-refractivity contribution is 5.90. The minimum atomic E-state index is -4.58. The molecule has 1 saturated heterocycles. The van der Waals surface area contributed by atoms with Crippen molar-refractivity contribution in [3.8, 4) is 0 Å². The first-order chi connectivity index (χ1) is 11.0. The van der Waals surface area contributed by atoms with Crippen LogP contribution in [-0.2, 0) is 21.3 Å². The van der Waals surface area contributed by atoms with Gasteiger partial charge in [-0.25, -0.2) is 0 Å². The van der Waals surface area contributed by atoms with Gasteiger partial charge >= 0.3 is 6.18 Å². The van der Waals surface area contributed by atoms with Gasteiger partial charge in [0.2, 0.25) is 5.91 Å². The van der Waals surface area contributed by atoms with Crippen LogP contribution in [-0.4, -0.2) is 45.6 Å². The summed E-state index contributed by atoms with van der Waals surface area (Å²) in [6.45, 7) is 6.72. The Morgan fingerprint density at radius 1 is 1.38 bits per heavy atom. The van der Waals surface area contributed by atoms with E-state index in [4.69, 9.17) is 0 Å². The van der Waals surface area contributed by atoms with Crippen LogP contribution in [0.25, 0.3) is 0 Å². The van der Waals surface area contributed by atoms with Crippen molar-refractivity contribution in [2.24, 2.45) is 0 Å². The monoisotopic (exact) mass is 346 g/mol. The van der Waals surface area contributed by atoms with Gasteiger partial charge < -0.3 is 10.2 Å². The topological polar surface area (TPSA) is 67.2 Å². The molecule has 2 heterocycles. The highest BCUT2D eigenvalue weighted by Gasteiger charge is 2.42. The summed E-state index contributed by atoms with van der Waals surface area (Å²) in [5, 5.41) is 6.28. The molecule has 0 bridgehead atoms. The summed E-state index contributed by atoms with van der Waals surface area (Å²) in [7, 11) is 0. The van der Waals surface area contributed by atoms with Gasteiger partial charge in [-0.2, -0.15) is 18.3 Å². The van der Waals surface area contributed by atoms with Crippen LogP contribution in [0.1, 0.15) is 38.4 Å². The third kappa shape index (κ3) is 3.25. The second-order valence-corrected chi connectivity index (χ2v) is 6.48. The lowest BCUT2D eigenvalue weighted by atomic mass is 10.0. The summed E-state index contributed by atoms with van der Waals surface area (Å²) in [4.78, 5) is 26.2. The van der Waals surface area contributed by atoms with Crippen LogP contribution in [0.2, 0.25) is 0 Å². The molecule has 0 aromatic carbocycles. The molecule has 0 spiro atoms. The molecule has 1 atom stereocenters. The predicted molar refractivity (Wildman–Crippen MR) is 80.1 cm³/mol. The molecule has 0 radical (unpaired) electrons. The number of nitrogens with one attached hydrogen (secondary N) is 1. The lowest BCUT2D eigenvalue weighted by Gasteiger charge is -2.34. The SMILES string of the molecule is Cc1cn(C(C)(C)C(=O)N2CCCNC(=O)[C@@H]2C)nc1C(F)(F)F. The number of carbonyl (C=O) groups is 2. The lowest BCUT2D eigenvalue weighted by molar-refractivity contribution is -0.147. The van der Waals surface area contributed by atoms with Crippen LogP contribution >= 0.6 is 0 Å². The van der Waals surface area contributed by atoms with E-state index >= 15 is 0 Å². The van der Waals surface area contributed by atoms with Crippen LogP contribution in [0.15, 0.2) is 6.20 Å². The number of hydrogen-bond donors (Lipinski definition) is 1. The summed E-state index contributed by atoms with van der Waals surface area (Å²) in [6.07, 6.45) is -2.78. The largest absolute Gasteiger partial charge is 0.435 e. The second-order valence-electron chi connectivity index (χ2n) is 6.48. The van der Waals surface area contributed by atoms with Crippen molar-refractivity contribution < 1.29 is 22.8 Å². The zero-order valence-electron chi connectivity index (χ0n) is 14.1. The minimum absolute atomic E-state index is 0.0509. The van der Waals surface area contributed by atoms with Crippen molar-refractivity contribution in [3.63, 3.8) is 0 Å². The third-order valence-corrected chi connectivity index (χ3v) is 4.24. The van der Waals surface area contributed by atoms with E-state index in [2.05, 4.69) is 10.4 Å². The van der Waals surface area contributed by atoms with Crippen LogP contribution in [0.4, 0.5) is 13.2 Å². The fraction of sp³-hybridized carbons (Fsp3) is 0.667.